The number of fused-ring (bicyclic) bond motifs is 2. The molecule has 3 aromatic carbocycles. The molecule has 0 saturated carbocycles. The van der Waals surface area contributed by atoms with E-state index in [0.29, 0.717) is 18.3 Å². The maximum Gasteiger partial charge on any atom is 0.164 e. The Morgan fingerprint density at radius 1 is 1.07 bits per heavy atom. The second kappa shape index (κ2) is 8.44. The summed E-state index contributed by atoms with van der Waals surface area (Å²) in [5.74, 6) is 3.34. The van der Waals surface area contributed by atoms with Crippen molar-refractivity contribution in [1.82, 2.24) is 4.90 Å². The molecule has 0 spiro atoms. The van der Waals surface area contributed by atoms with Crippen LogP contribution in [0.15, 0.2) is 65.6 Å². The van der Waals surface area contributed by atoms with Crippen molar-refractivity contribution in [2.24, 2.45) is 5.92 Å². The highest BCUT2D eigenvalue weighted by molar-refractivity contribution is 7.99. The molecule has 3 aromatic rings. The molecule has 0 aromatic heterocycles. The summed E-state index contributed by atoms with van der Waals surface area (Å²) in [4.78, 5) is 16.6. The van der Waals surface area contributed by atoms with Crippen LogP contribution >= 0.6 is 11.8 Å². The van der Waals surface area contributed by atoms with Gasteiger partial charge in [0, 0.05) is 43.3 Å². The van der Waals surface area contributed by atoms with Crippen LogP contribution in [-0.4, -0.2) is 42.7 Å². The van der Waals surface area contributed by atoms with Crippen molar-refractivity contribution in [3.63, 3.8) is 0 Å². The van der Waals surface area contributed by atoms with Crippen molar-refractivity contribution < 1.29 is 9.53 Å². The number of ether oxygens (including phenoxy) is 1. The molecule has 154 valence electrons. The minimum Gasteiger partial charge on any atom is -0.492 e. The van der Waals surface area contributed by atoms with Crippen LogP contribution in [0.3, 0.4) is 0 Å². The summed E-state index contributed by atoms with van der Waals surface area (Å²) in [6.45, 7) is 6.00. The number of nitrogens with zero attached hydrogens (tertiary/aromatic N) is 1. The summed E-state index contributed by atoms with van der Waals surface area (Å²) in [5.41, 5.74) is 2.22. The third kappa shape index (κ3) is 3.99. The first-order valence-electron chi connectivity index (χ1n) is 10.8. The van der Waals surface area contributed by atoms with Crippen LogP contribution in [0, 0.1) is 5.92 Å². The molecule has 4 heteroatoms. The molecule has 0 bridgehead atoms. The quantitative estimate of drug-likeness (QED) is 0.503. The average molecular weight is 418 g/mol. The molecule has 0 amide bonds. The van der Waals surface area contributed by atoms with E-state index in [9.17, 15) is 4.79 Å². The molecule has 0 N–H and O–H groups in total. The lowest BCUT2D eigenvalue weighted by atomic mass is 9.90. The van der Waals surface area contributed by atoms with E-state index in [2.05, 4.69) is 60.4 Å². The highest BCUT2D eigenvalue weighted by atomic mass is 32.2. The number of thioether (sulfide) groups is 1. The Hall–Kier alpha value is -2.30. The fourth-order valence-corrected chi connectivity index (χ4v) is 5.60. The Morgan fingerprint density at radius 3 is 2.80 bits per heavy atom. The van der Waals surface area contributed by atoms with Crippen molar-refractivity contribution >= 4 is 28.3 Å². The Bertz CT molecular complexity index is 1070. The smallest absolute Gasteiger partial charge is 0.164 e. The maximum atomic E-state index is 12.9. The van der Waals surface area contributed by atoms with Gasteiger partial charge in [-0.1, -0.05) is 49.4 Å². The number of Topliss-reactive ketones (excluding diaryl/α,β-unsaturated/α-hetero) is 1. The van der Waals surface area contributed by atoms with E-state index < -0.39 is 0 Å². The number of benzene rings is 3. The van der Waals surface area contributed by atoms with Crippen LogP contribution in [-0.2, 0) is 0 Å². The Balaban J connectivity index is 1.25. The van der Waals surface area contributed by atoms with Gasteiger partial charge < -0.3 is 9.64 Å². The summed E-state index contributed by atoms with van der Waals surface area (Å²) in [6, 6.07) is 21.1. The summed E-state index contributed by atoms with van der Waals surface area (Å²) in [5, 5.41) is 2.25. The topological polar surface area (TPSA) is 29.5 Å². The predicted octanol–water partition coefficient (Wildman–Crippen LogP) is 5.63. The molecule has 30 heavy (non-hydrogen) atoms. The van der Waals surface area contributed by atoms with Crippen LogP contribution in [0.2, 0.25) is 0 Å². The molecule has 5 rings (SSSR count). The number of carbonyl (C=O) groups excluding carboxylic acids is 1. The van der Waals surface area contributed by atoms with Gasteiger partial charge in [-0.15, -0.1) is 11.8 Å². The molecular weight excluding hydrogens is 390 g/mol. The number of ketones is 1. The minimum absolute atomic E-state index is 0.223. The van der Waals surface area contributed by atoms with E-state index >= 15 is 0 Å². The molecule has 1 fully saturated rings. The van der Waals surface area contributed by atoms with E-state index in [1.54, 1.807) is 0 Å². The summed E-state index contributed by atoms with van der Waals surface area (Å²) < 4.78 is 5.79. The average Bonchev–Trinajstić information content (AvgIpc) is 3.16. The molecule has 1 saturated heterocycles. The van der Waals surface area contributed by atoms with Crippen molar-refractivity contribution in [2.45, 2.75) is 24.2 Å². The first-order chi connectivity index (χ1) is 14.7. The van der Waals surface area contributed by atoms with Crippen LogP contribution in [0.4, 0.5) is 0 Å². The first-order valence-corrected chi connectivity index (χ1v) is 11.8. The van der Waals surface area contributed by atoms with Gasteiger partial charge in [0.05, 0.1) is 11.5 Å². The monoisotopic (exact) mass is 417 g/mol. The van der Waals surface area contributed by atoms with Crippen LogP contribution in [0.1, 0.15) is 35.2 Å². The van der Waals surface area contributed by atoms with Crippen molar-refractivity contribution in [3.05, 3.63) is 71.8 Å². The van der Waals surface area contributed by atoms with E-state index in [1.165, 1.54) is 15.8 Å². The van der Waals surface area contributed by atoms with Crippen molar-refractivity contribution in [3.8, 4) is 5.75 Å². The van der Waals surface area contributed by atoms with Gasteiger partial charge in [-0.05, 0) is 40.5 Å². The zero-order chi connectivity index (χ0) is 20.5. The van der Waals surface area contributed by atoms with Gasteiger partial charge in [0.25, 0.3) is 0 Å². The normalized spacial score (nSPS) is 21.4. The Kier molecular flexibility index (Phi) is 5.53. The van der Waals surface area contributed by atoms with Gasteiger partial charge >= 0.3 is 0 Å². The number of hydrogen-bond donors (Lipinski definition) is 0. The standard InChI is InChI=1S/C26H27NO2S/c1-18-16-27(17-23(18)19-5-3-2-4-6-19)10-9-24(28)21-8-7-20-15-26-25(14-22(20)13-21)29-11-12-30-26/h2-8,13-15,18,23H,9-12,16-17H2,1H3. The molecular formula is C26H27NO2S. The lowest BCUT2D eigenvalue weighted by molar-refractivity contribution is 0.0968. The Labute approximate surface area is 182 Å². The number of likely N-dealkylation sites (tertiary alicyclic amines) is 1. The lowest BCUT2D eigenvalue weighted by Crippen LogP contribution is -2.24. The zero-order valence-electron chi connectivity index (χ0n) is 17.3. The van der Waals surface area contributed by atoms with Gasteiger partial charge in [-0.3, -0.25) is 4.79 Å². The SMILES string of the molecule is CC1CN(CCC(=O)c2ccc3cc4c(cc3c2)OCCS4)CC1c1ccccc1. The minimum atomic E-state index is 0.223. The zero-order valence-corrected chi connectivity index (χ0v) is 18.2. The second-order valence-electron chi connectivity index (χ2n) is 8.49. The second-order valence-corrected chi connectivity index (χ2v) is 9.62. The summed E-state index contributed by atoms with van der Waals surface area (Å²) in [7, 11) is 0. The van der Waals surface area contributed by atoms with Crippen LogP contribution in [0.25, 0.3) is 10.8 Å². The molecule has 0 aliphatic carbocycles. The summed E-state index contributed by atoms with van der Waals surface area (Å²) in [6.07, 6.45) is 0.566. The number of hydrogen-bond acceptors (Lipinski definition) is 4. The van der Waals surface area contributed by atoms with Gasteiger partial charge in [-0.25, -0.2) is 0 Å². The van der Waals surface area contributed by atoms with E-state index in [0.717, 1.165) is 48.7 Å². The Morgan fingerprint density at radius 2 is 1.93 bits per heavy atom. The van der Waals surface area contributed by atoms with Gasteiger partial charge in [-0.2, -0.15) is 0 Å². The molecule has 3 nitrogen and oxygen atoms in total. The molecule has 2 aliphatic rings. The van der Waals surface area contributed by atoms with E-state index in [1.807, 2.05) is 23.9 Å². The highest BCUT2D eigenvalue weighted by Crippen LogP contribution is 2.37. The molecule has 2 unspecified atom stereocenters. The summed E-state index contributed by atoms with van der Waals surface area (Å²) >= 11 is 1.84. The van der Waals surface area contributed by atoms with Crippen molar-refractivity contribution in [1.29, 1.82) is 0 Å². The molecule has 2 aliphatic heterocycles. The lowest BCUT2D eigenvalue weighted by Gasteiger charge is -2.18. The molecule has 2 atom stereocenters. The third-order valence-corrected chi connectivity index (χ3v) is 7.39. The highest BCUT2D eigenvalue weighted by Gasteiger charge is 2.30. The predicted molar refractivity (Wildman–Crippen MR) is 124 cm³/mol. The van der Waals surface area contributed by atoms with E-state index in [-0.39, 0.29) is 5.78 Å². The fraction of sp³-hybridized carbons (Fsp3) is 0.346. The van der Waals surface area contributed by atoms with E-state index in [4.69, 9.17) is 4.74 Å². The van der Waals surface area contributed by atoms with Crippen molar-refractivity contribution in [2.75, 3.05) is 32.0 Å². The number of rotatable bonds is 5. The van der Waals surface area contributed by atoms with Gasteiger partial charge in [0.1, 0.15) is 5.75 Å². The molecule has 0 radical (unpaired) electrons. The van der Waals surface area contributed by atoms with Gasteiger partial charge in [0.15, 0.2) is 5.78 Å². The molecule has 2 heterocycles. The maximum absolute atomic E-state index is 12.9. The van der Waals surface area contributed by atoms with Crippen LogP contribution < -0.4 is 4.74 Å². The third-order valence-electron chi connectivity index (χ3n) is 6.39. The largest absolute Gasteiger partial charge is 0.492 e. The fourth-order valence-electron chi connectivity index (χ4n) is 4.75. The van der Waals surface area contributed by atoms with Crippen LogP contribution in [0.5, 0.6) is 5.75 Å². The first kappa shape index (κ1) is 19.7. The number of carbonyl (C=O) groups is 1. The van der Waals surface area contributed by atoms with Gasteiger partial charge in [0.2, 0.25) is 0 Å².